The average Bonchev–Trinajstić information content (AvgIpc) is 2.31. The number of anilines is 1. The molecular weight excluding hydrogens is 313 g/mol. The Bertz CT molecular complexity index is 474. The molecule has 0 amide bonds. The number of nitrogens with one attached hydrogen (secondary N) is 1. The van der Waals surface area contributed by atoms with Crippen LogP contribution in [0, 0.1) is 16.0 Å². The number of hydrogen-bond donors (Lipinski definition) is 1. The van der Waals surface area contributed by atoms with Crippen LogP contribution >= 0.6 is 23.2 Å². The summed E-state index contributed by atoms with van der Waals surface area (Å²) in [6.07, 6.45) is 0.946. The van der Waals surface area contributed by atoms with E-state index in [0.717, 1.165) is 13.0 Å². The zero-order chi connectivity index (χ0) is 16.2. The maximum absolute atomic E-state index is 10.8. The lowest BCUT2D eigenvalue weighted by molar-refractivity contribution is -0.384. The molecule has 1 aromatic rings. The van der Waals surface area contributed by atoms with E-state index in [1.807, 2.05) is 14.1 Å². The first-order valence-electron chi connectivity index (χ1n) is 6.75. The van der Waals surface area contributed by atoms with Crippen molar-refractivity contribution in [1.82, 2.24) is 4.90 Å². The van der Waals surface area contributed by atoms with Crippen LogP contribution in [0.2, 0.25) is 10.0 Å². The van der Waals surface area contributed by atoms with E-state index < -0.39 is 4.92 Å². The SMILES string of the molecule is CC(C)CC(CN(C)C)Nc1c(Cl)cc([N+](=O)[O-])cc1Cl. The minimum atomic E-state index is -0.507. The fourth-order valence-corrected chi connectivity index (χ4v) is 2.78. The van der Waals surface area contributed by atoms with Crippen molar-refractivity contribution >= 4 is 34.6 Å². The maximum atomic E-state index is 10.8. The van der Waals surface area contributed by atoms with Gasteiger partial charge in [0.25, 0.3) is 5.69 Å². The van der Waals surface area contributed by atoms with Crippen LogP contribution in [0.25, 0.3) is 0 Å². The van der Waals surface area contributed by atoms with E-state index >= 15 is 0 Å². The third-order valence-electron chi connectivity index (χ3n) is 2.93. The largest absolute Gasteiger partial charge is 0.379 e. The lowest BCUT2D eigenvalue weighted by Gasteiger charge is -2.25. The highest BCUT2D eigenvalue weighted by molar-refractivity contribution is 6.39. The monoisotopic (exact) mass is 333 g/mol. The topological polar surface area (TPSA) is 58.4 Å². The molecule has 1 rings (SSSR count). The third kappa shape index (κ3) is 5.69. The van der Waals surface area contributed by atoms with Crippen molar-refractivity contribution in [3.63, 3.8) is 0 Å². The number of rotatable bonds is 7. The van der Waals surface area contributed by atoms with Gasteiger partial charge < -0.3 is 10.2 Å². The number of nitro benzene ring substituents is 1. The van der Waals surface area contributed by atoms with Crippen molar-refractivity contribution < 1.29 is 4.92 Å². The standard InChI is InChI=1S/C14H21Cl2N3O2/c1-9(2)5-10(8-18(3)4)17-14-12(15)6-11(19(20)21)7-13(14)16/h6-7,9-10,17H,5,8H2,1-4H3. The molecule has 0 saturated heterocycles. The molecule has 5 nitrogen and oxygen atoms in total. The van der Waals surface area contributed by atoms with Crippen molar-refractivity contribution in [2.75, 3.05) is 26.0 Å². The normalized spacial score (nSPS) is 12.8. The molecule has 1 aromatic carbocycles. The molecule has 0 saturated carbocycles. The second kappa shape index (κ2) is 7.82. The first kappa shape index (κ1) is 18.0. The van der Waals surface area contributed by atoms with Crippen molar-refractivity contribution in [3.05, 3.63) is 32.3 Å². The molecule has 0 heterocycles. The Hall–Kier alpha value is -1.04. The molecule has 0 fully saturated rings. The lowest BCUT2D eigenvalue weighted by atomic mass is 10.0. The fourth-order valence-electron chi connectivity index (χ4n) is 2.20. The molecule has 0 radical (unpaired) electrons. The van der Waals surface area contributed by atoms with Gasteiger partial charge in [-0.05, 0) is 26.4 Å². The summed E-state index contributed by atoms with van der Waals surface area (Å²) in [5, 5.41) is 14.6. The van der Waals surface area contributed by atoms with Gasteiger partial charge in [0.15, 0.2) is 0 Å². The van der Waals surface area contributed by atoms with Gasteiger partial charge >= 0.3 is 0 Å². The number of likely N-dealkylation sites (N-methyl/N-ethyl adjacent to an activating group) is 1. The Morgan fingerprint density at radius 2 is 1.81 bits per heavy atom. The summed E-state index contributed by atoms with van der Waals surface area (Å²) in [7, 11) is 3.99. The fraction of sp³-hybridized carbons (Fsp3) is 0.571. The van der Waals surface area contributed by atoms with E-state index in [1.165, 1.54) is 12.1 Å². The highest BCUT2D eigenvalue weighted by atomic mass is 35.5. The van der Waals surface area contributed by atoms with Crippen LogP contribution in [-0.2, 0) is 0 Å². The smallest absolute Gasteiger partial charge is 0.272 e. The highest BCUT2D eigenvalue weighted by Crippen LogP contribution is 2.35. The number of non-ortho nitro benzene ring substituents is 1. The summed E-state index contributed by atoms with van der Waals surface area (Å²) < 4.78 is 0. The summed E-state index contributed by atoms with van der Waals surface area (Å²) in [5.41, 5.74) is 0.444. The minimum absolute atomic E-state index is 0.108. The maximum Gasteiger partial charge on any atom is 0.272 e. The zero-order valence-electron chi connectivity index (χ0n) is 12.7. The van der Waals surface area contributed by atoms with Crippen molar-refractivity contribution in [3.8, 4) is 0 Å². The van der Waals surface area contributed by atoms with E-state index in [-0.39, 0.29) is 21.8 Å². The molecule has 0 spiro atoms. The Morgan fingerprint density at radius 1 is 1.29 bits per heavy atom. The van der Waals surface area contributed by atoms with Crippen molar-refractivity contribution in [2.24, 2.45) is 5.92 Å². The van der Waals surface area contributed by atoms with Crippen LogP contribution < -0.4 is 5.32 Å². The summed E-state index contributed by atoms with van der Waals surface area (Å²) >= 11 is 12.3. The predicted molar refractivity (Wildman–Crippen MR) is 88.5 cm³/mol. The van der Waals surface area contributed by atoms with E-state index in [9.17, 15) is 10.1 Å². The molecular formula is C14H21Cl2N3O2. The third-order valence-corrected chi connectivity index (χ3v) is 3.52. The zero-order valence-corrected chi connectivity index (χ0v) is 14.2. The van der Waals surface area contributed by atoms with Gasteiger partial charge in [0.2, 0.25) is 0 Å². The Balaban J connectivity index is 3.00. The molecule has 0 bridgehead atoms. The van der Waals surface area contributed by atoms with E-state index in [1.54, 1.807) is 0 Å². The molecule has 0 aliphatic heterocycles. The molecule has 1 atom stereocenters. The molecule has 0 aromatic heterocycles. The first-order chi connectivity index (χ1) is 9.70. The Morgan fingerprint density at radius 3 is 2.19 bits per heavy atom. The number of nitro groups is 1. The highest BCUT2D eigenvalue weighted by Gasteiger charge is 2.18. The van der Waals surface area contributed by atoms with Crippen LogP contribution in [0.4, 0.5) is 11.4 Å². The van der Waals surface area contributed by atoms with Gasteiger partial charge in [-0.1, -0.05) is 37.0 Å². The van der Waals surface area contributed by atoms with Crippen LogP contribution in [-0.4, -0.2) is 36.5 Å². The van der Waals surface area contributed by atoms with Gasteiger partial charge in [-0.3, -0.25) is 10.1 Å². The summed E-state index contributed by atoms with van der Waals surface area (Å²) in [6.45, 7) is 5.11. The Labute approximate surface area is 135 Å². The molecule has 0 aliphatic rings. The van der Waals surface area contributed by atoms with Gasteiger partial charge in [0, 0.05) is 24.7 Å². The number of hydrogen-bond acceptors (Lipinski definition) is 4. The molecule has 21 heavy (non-hydrogen) atoms. The van der Waals surface area contributed by atoms with Gasteiger partial charge in [-0.2, -0.15) is 0 Å². The Kier molecular flexibility index (Phi) is 6.71. The van der Waals surface area contributed by atoms with E-state index in [0.29, 0.717) is 11.6 Å². The van der Waals surface area contributed by atoms with E-state index in [4.69, 9.17) is 23.2 Å². The van der Waals surface area contributed by atoms with Gasteiger partial charge in [-0.15, -0.1) is 0 Å². The predicted octanol–water partition coefficient (Wildman–Crippen LogP) is 4.29. The number of benzene rings is 1. The quantitative estimate of drug-likeness (QED) is 0.597. The van der Waals surface area contributed by atoms with Gasteiger partial charge in [0.1, 0.15) is 0 Å². The second-order valence-corrected chi connectivity index (χ2v) is 6.59. The van der Waals surface area contributed by atoms with Crippen molar-refractivity contribution in [2.45, 2.75) is 26.3 Å². The molecule has 7 heteroatoms. The van der Waals surface area contributed by atoms with Gasteiger partial charge in [-0.25, -0.2) is 0 Å². The number of nitrogens with zero attached hydrogens (tertiary/aromatic N) is 2. The average molecular weight is 334 g/mol. The molecule has 0 aliphatic carbocycles. The van der Waals surface area contributed by atoms with Crippen LogP contribution in [0.15, 0.2) is 12.1 Å². The van der Waals surface area contributed by atoms with Gasteiger partial charge in [0.05, 0.1) is 20.7 Å². The van der Waals surface area contributed by atoms with Crippen LogP contribution in [0.1, 0.15) is 20.3 Å². The minimum Gasteiger partial charge on any atom is -0.379 e. The molecule has 118 valence electrons. The molecule has 1 N–H and O–H groups in total. The molecule has 1 unspecified atom stereocenters. The van der Waals surface area contributed by atoms with Crippen LogP contribution in [0.5, 0.6) is 0 Å². The number of halogens is 2. The van der Waals surface area contributed by atoms with Crippen LogP contribution in [0.3, 0.4) is 0 Å². The second-order valence-electron chi connectivity index (χ2n) is 5.77. The summed E-state index contributed by atoms with van der Waals surface area (Å²) in [6, 6.07) is 2.80. The summed E-state index contributed by atoms with van der Waals surface area (Å²) in [5.74, 6) is 0.512. The van der Waals surface area contributed by atoms with Crippen molar-refractivity contribution in [1.29, 1.82) is 0 Å². The summed E-state index contributed by atoms with van der Waals surface area (Å²) in [4.78, 5) is 12.4. The van der Waals surface area contributed by atoms with E-state index in [2.05, 4.69) is 24.1 Å². The first-order valence-corrected chi connectivity index (χ1v) is 7.51. The lowest BCUT2D eigenvalue weighted by Crippen LogP contribution is -2.33.